The van der Waals surface area contributed by atoms with Crippen molar-refractivity contribution in [2.45, 2.75) is 44.2 Å². The van der Waals surface area contributed by atoms with Gasteiger partial charge in [-0.15, -0.1) is 11.8 Å². The number of nitrogens with zero attached hydrogens (tertiary/aromatic N) is 1. The number of thioether (sulfide) groups is 1. The van der Waals surface area contributed by atoms with Gasteiger partial charge in [-0.2, -0.15) is 0 Å². The van der Waals surface area contributed by atoms with Crippen LogP contribution in [0.15, 0.2) is 0 Å². The van der Waals surface area contributed by atoms with Crippen molar-refractivity contribution in [2.75, 3.05) is 11.6 Å². The minimum Gasteiger partial charge on any atom is -0.480 e. The molecule has 2 aliphatic rings. The van der Waals surface area contributed by atoms with Crippen molar-refractivity contribution in [3.05, 3.63) is 0 Å². The van der Waals surface area contributed by atoms with Crippen LogP contribution in [0.2, 0.25) is 0 Å². The van der Waals surface area contributed by atoms with Crippen LogP contribution in [0.3, 0.4) is 0 Å². The van der Waals surface area contributed by atoms with E-state index in [-0.39, 0.29) is 5.91 Å². The van der Waals surface area contributed by atoms with Gasteiger partial charge in [-0.05, 0) is 18.8 Å². The van der Waals surface area contributed by atoms with Crippen molar-refractivity contribution in [3.8, 4) is 0 Å². The molecule has 3 atom stereocenters. The molecule has 1 amide bonds. The predicted molar refractivity (Wildman–Crippen MR) is 70.1 cm³/mol. The normalized spacial score (nSPS) is 36.7. The molecule has 0 aromatic rings. The molecule has 102 valence electrons. The van der Waals surface area contributed by atoms with Crippen molar-refractivity contribution < 1.29 is 14.7 Å². The summed E-state index contributed by atoms with van der Waals surface area (Å²) in [6, 6.07) is -0.708. The van der Waals surface area contributed by atoms with Gasteiger partial charge in [0.1, 0.15) is 6.04 Å². The van der Waals surface area contributed by atoms with Crippen LogP contribution < -0.4 is 5.73 Å². The van der Waals surface area contributed by atoms with Crippen LogP contribution in [0, 0.1) is 5.92 Å². The first-order valence-electron chi connectivity index (χ1n) is 6.34. The smallest absolute Gasteiger partial charge is 0.327 e. The molecule has 18 heavy (non-hydrogen) atoms. The van der Waals surface area contributed by atoms with E-state index >= 15 is 0 Å². The van der Waals surface area contributed by atoms with Gasteiger partial charge in [-0.3, -0.25) is 4.79 Å². The molecule has 5 nitrogen and oxygen atoms in total. The number of rotatable bonds is 2. The summed E-state index contributed by atoms with van der Waals surface area (Å²) >= 11 is 1.48. The lowest BCUT2D eigenvalue weighted by atomic mass is 9.76. The van der Waals surface area contributed by atoms with E-state index in [9.17, 15) is 9.59 Å². The minimum atomic E-state index is -0.930. The topological polar surface area (TPSA) is 83.6 Å². The number of nitrogens with two attached hydrogens (primary N) is 1. The molecule has 2 unspecified atom stereocenters. The summed E-state index contributed by atoms with van der Waals surface area (Å²) in [5.41, 5.74) is 5.39. The maximum atomic E-state index is 12.5. The molecule has 0 radical (unpaired) electrons. The molecule has 0 spiro atoms. The van der Waals surface area contributed by atoms with E-state index in [4.69, 9.17) is 10.8 Å². The lowest BCUT2D eigenvalue weighted by Crippen LogP contribution is -2.59. The first-order chi connectivity index (χ1) is 8.44. The molecule has 1 aliphatic heterocycles. The Morgan fingerprint density at radius 3 is 2.83 bits per heavy atom. The summed E-state index contributed by atoms with van der Waals surface area (Å²) in [7, 11) is 0. The maximum Gasteiger partial charge on any atom is 0.327 e. The third-order valence-electron chi connectivity index (χ3n) is 3.89. The Balaban J connectivity index is 2.12. The van der Waals surface area contributed by atoms with Gasteiger partial charge in [0.25, 0.3) is 0 Å². The second-order valence-corrected chi connectivity index (χ2v) is 6.49. The van der Waals surface area contributed by atoms with E-state index in [1.807, 2.05) is 0 Å². The molecule has 1 saturated carbocycles. The first kappa shape index (κ1) is 13.7. The zero-order valence-corrected chi connectivity index (χ0v) is 11.4. The lowest BCUT2D eigenvalue weighted by Gasteiger charge is -2.38. The highest BCUT2D eigenvalue weighted by Crippen LogP contribution is 2.34. The van der Waals surface area contributed by atoms with Gasteiger partial charge in [0.05, 0.1) is 11.4 Å². The van der Waals surface area contributed by atoms with Gasteiger partial charge in [0.15, 0.2) is 0 Å². The van der Waals surface area contributed by atoms with Crippen LogP contribution in [-0.2, 0) is 9.59 Å². The molecule has 1 heterocycles. The van der Waals surface area contributed by atoms with E-state index in [0.29, 0.717) is 30.4 Å². The quantitative estimate of drug-likeness (QED) is 0.779. The number of hydrogen-bond acceptors (Lipinski definition) is 4. The highest BCUT2D eigenvalue weighted by Gasteiger charge is 2.45. The third kappa shape index (κ3) is 2.49. The molecule has 2 rings (SSSR count). The van der Waals surface area contributed by atoms with Crippen LogP contribution in [0.5, 0.6) is 0 Å². The Labute approximate surface area is 111 Å². The lowest BCUT2D eigenvalue weighted by molar-refractivity contribution is -0.150. The molecule has 0 aromatic heterocycles. The number of carbonyl (C=O) groups excluding carboxylic acids is 1. The van der Waals surface area contributed by atoms with E-state index in [1.165, 1.54) is 16.7 Å². The SMILES string of the molecule is CC1CCCC(N)(C(=O)N2CSC[C@H]2C(=O)O)C1. The van der Waals surface area contributed by atoms with Crippen molar-refractivity contribution in [1.82, 2.24) is 4.90 Å². The molecule has 3 N–H and O–H groups in total. The van der Waals surface area contributed by atoms with Gasteiger partial charge < -0.3 is 15.7 Å². The van der Waals surface area contributed by atoms with Gasteiger partial charge in [-0.1, -0.05) is 19.8 Å². The predicted octanol–water partition coefficient (Wildman–Crippen LogP) is 0.880. The fourth-order valence-corrected chi connectivity index (χ4v) is 4.06. The molecular formula is C12H20N2O3S. The van der Waals surface area contributed by atoms with E-state index < -0.39 is 17.6 Å². The van der Waals surface area contributed by atoms with Crippen LogP contribution >= 0.6 is 11.8 Å². The number of carbonyl (C=O) groups is 2. The molecule has 0 aromatic carbocycles. The number of carboxylic acids is 1. The van der Waals surface area contributed by atoms with Crippen LogP contribution in [-0.4, -0.2) is 45.1 Å². The van der Waals surface area contributed by atoms with Gasteiger partial charge >= 0.3 is 5.97 Å². The fraction of sp³-hybridized carbons (Fsp3) is 0.833. The number of carboxylic acid groups (broad SMARTS) is 1. The van der Waals surface area contributed by atoms with Gasteiger partial charge in [0.2, 0.25) is 5.91 Å². The molecule has 1 saturated heterocycles. The van der Waals surface area contributed by atoms with Gasteiger partial charge in [0, 0.05) is 5.75 Å². The summed E-state index contributed by atoms with van der Waals surface area (Å²) in [6.07, 6.45) is 3.38. The average Bonchev–Trinajstić information content (AvgIpc) is 2.76. The Kier molecular flexibility index (Phi) is 3.87. The summed E-state index contributed by atoms with van der Waals surface area (Å²) in [5.74, 6) is 0.244. The van der Waals surface area contributed by atoms with Crippen molar-refractivity contribution in [2.24, 2.45) is 11.7 Å². The molecular weight excluding hydrogens is 252 g/mol. The Morgan fingerprint density at radius 2 is 2.22 bits per heavy atom. The van der Waals surface area contributed by atoms with E-state index in [1.54, 1.807) is 0 Å². The molecule has 6 heteroatoms. The summed E-state index contributed by atoms with van der Waals surface area (Å²) in [5, 5.41) is 9.12. The standard InChI is InChI=1S/C12H20N2O3S/c1-8-3-2-4-12(13,5-8)11(17)14-7-18-6-9(14)10(15)16/h8-9H,2-7,13H2,1H3,(H,15,16)/t8?,9-,12?/m0/s1. The average molecular weight is 272 g/mol. The first-order valence-corrected chi connectivity index (χ1v) is 7.50. The zero-order valence-electron chi connectivity index (χ0n) is 10.6. The summed E-state index contributed by atoms with van der Waals surface area (Å²) in [6.45, 7) is 2.10. The maximum absolute atomic E-state index is 12.5. The molecule has 2 fully saturated rings. The molecule has 1 aliphatic carbocycles. The highest BCUT2D eigenvalue weighted by molar-refractivity contribution is 7.99. The Hall–Kier alpha value is -0.750. The molecule has 0 bridgehead atoms. The van der Waals surface area contributed by atoms with Crippen molar-refractivity contribution in [3.63, 3.8) is 0 Å². The second kappa shape index (κ2) is 5.09. The number of amides is 1. The largest absolute Gasteiger partial charge is 0.480 e. The zero-order chi connectivity index (χ0) is 13.3. The van der Waals surface area contributed by atoms with E-state index in [2.05, 4.69) is 6.92 Å². The monoisotopic (exact) mass is 272 g/mol. The summed E-state index contributed by atoms with van der Waals surface area (Å²) in [4.78, 5) is 25.1. The van der Waals surface area contributed by atoms with Gasteiger partial charge in [-0.25, -0.2) is 4.79 Å². The number of aliphatic carboxylic acids is 1. The van der Waals surface area contributed by atoms with Crippen molar-refractivity contribution >= 4 is 23.6 Å². The Morgan fingerprint density at radius 1 is 1.50 bits per heavy atom. The van der Waals surface area contributed by atoms with Crippen LogP contribution in [0.1, 0.15) is 32.6 Å². The minimum absolute atomic E-state index is 0.175. The fourth-order valence-electron chi connectivity index (χ4n) is 2.92. The van der Waals surface area contributed by atoms with Crippen LogP contribution in [0.4, 0.5) is 0 Å². The number of hydrogen-bond donors (Lipinski definition) is 2. The van der Waals surface area contributed by atoms with Crippen LogP contribution in [0.25, 0.3) is 0 Å². The second-order valence-electron chi connectivity index (χ2n) is 5.49. The third-order valence-corrected chi connectivity index (χ3v) is 4.90. The van der Waals surface area contributed by atoms with Crippen molar-refractivity contribution in [1.29, 1.82) is 0 Å². The van der Waals surface area contributed by atoms with E-state index in [0.717, 1.165) is 12.8 Å². The summed E-state index contributed by atoms with van der Waals surface area (Å²) < 4.78 is 0. The Bertz CT molecular complexity index is 363. The highest BCUT2D eigenvalue weighted by atomic mass is 32.2.